The van der Waals surface area contributed by atoms with Crippen molar-refractivity contribution in [3.8, 4) is 11.5 Å². The number of esters is 1. The second kappa shape index (κ2) is 11.4. The largest absolute Gasteiger partial charge is 0.493 e. The average molecular weight is 580 g/mol. The smallest absolute Gasteiger partial charge is 0.343 e. The molecule has 2 aliphatic rings. The Morgan fingerprint density at radius 2 is 1.60 bits per heavy atom. The first-order valence-corrected chi connectivity index (χ1v) is 13.4. The van der Waals surface area contributed by atoms with Crippen LogP contribution < -0.4 is 14.5 Å². The topological polar surface area (TPSA) is 129 Å². The summed E-state index contributed by atoms with van der Waals surface area (Å²) in [5.41, 5.74) is 1.76. The van der Waals surface area contributed by atoms with E-state index in [9.17, 15) is 24.5 Å². The Morgan fingerprint density at radius 3 is 2.30 bits per heavy atom. The number of imide groups is 1. The second-order valence-electron chi connectivity index (χ2n) is 10.0. The Bertz CT molecular complexity index is 1710. The second-order valence-corrected chi connectivity index (χ2v) is 10.0. The van der Waals surface area contributed by atoms with Gasteiger partial charge in [0.25, 0.3) is 11.6 Å². The number of fused-ring (bicyclic) bond motifs is 1. The number of nitro groups is 1. The van der Waals surface area contributed by atoms with Crippen LogP contribution in [0.5, 0.6) is 11.5 Å². The van der Waals surface area contributed by atoms with Gasteiger partial charge in [0, 0.05) is 12.1 Å². The lowest BCUT2D eigenvalue weighted by molar-refractivity contribution is -0.384. The van der Waals surface area contributed by atoms with Crippen molar-refractivity contribution in [1.29, 1.82) is 0 Å². The molecule has 2 aliphatic heterocycles. The van der Waals surface area contributed by atoms with Crippen LogP contribution in [0.15, 0.2) is 103 Å². The van der Waals surface area contributed by atoms with E-state index < -0.39 is 40.8 Å². The summed E-state index contributed by atoms with van der Waals surface area (Å²) in [6.45, 7) is 0.0795. The number of likely N-dealkylation sites (tertiary alicyclic amines) is 1. The van der Waals surface area contributed by atoms with Crippen LogP contribution in [0.25, 0.3) is 0 Å². The predicted molar refractivity (Wildman–Crippen MR) is 153 cm³/mol. The summed E-state index contributed by atoms with van der Waals surface area (Å²) >= 11 is 0. The van der Waals surface area contributed by atoms with Crippen molar-refractivity contribution in [2.75, 3.05) is 12.2 Å². The molecular formula is C32H25N3O8. The van der Waals surface area contributed by atoms with E-state index in [4.69, 9.17) is 14.3 Å². The van der Waals surface area contributed by atoms with Gasteiger partial charge in [-0.2, -0.15) is 0 Å². The number of benzene rings is 4. The van der Waals surface area contributed by atoms with E-state index in [2.05, 4.69) is 0 Å². The molecule has 0 aliphatic carbocycles. The van der Waals surface area contributed by atoms with Crippen LogP contribution in [-0.4, -0.2) is 40.8 Å². The molecule has 3 atom stereocenters. The summed E-state index contributed by atoms with van der Waals surface area (Å²) in [6.07, 6.45) is -1.15. The highest BCUT2D eigenvalue weighted by Crippen LogP contribution is 2.48. The van der Waals surface area contributed by atoms with Crippen molar-refractivity contribution < 1.29 is 33.6 Å². The zero-order valence-corrected chi connectivity index (χ0v) is 22.9. The third kappa shape index (κ3) is 5.17. The molecule has 0 radical (unpaired) electrons. The molecule has 4 aromatic rings. The van der Waals surface area contributed by atoms with Gasteiger partial charge in [-0.1, -0.05) is 60.7 Å². The molecule has 0 bridgehead atoms. The SMILES string of the molecule is COc1cc([C@@H]2[C@H]3C(=O)N(Cc4ccccc4)C(=O)[C@H]3ON2c2cccc([N+](=O)[O-])c2)ccc1OC(=O)c1ccccc1. The van der Waals surface area contributed by atoms with E-state index in [0.29, 0.717) is 16.8 Å². The summed E-state index contributed by atoms with van der Waals surface area (Å²) in [5.74, 6) is -2.12. The van der Waals surface area contributed by atoms with Crippen molar-refractivity contribution in [2.45, 2.75) is 18.7 Å². The first kappa shape index (κ1) is 27.6. The minimum absolute atomic E-state index is 0.0795. The summed E-state index contributed by atoms with van der Waals surface area (Å²) in [4.78, 5) is 58.4. The number of carbonyl (C=O) groups is 3. The van der Waals surface area contributed by atoms with E-state index in [0.717, 1.165) is 5.56 Å². The van der Waals surface area contributed by atoms with Crippen molar-refractivity contribution in [2.24, 2.45) is 5.92 Å². The number of non-ortho nitro benzene ring substituents is 1. The molecule has 0 saturated carbocycles. The maximum Gasteiger partial charge on any atom is 0.343 e. The van der Waals surface area contributed by atoms with Gasteiger partial charge in [-0.25, -0.2) is 9.86 Å². The maximum absolute atomic E-state index is 13.9. The van der Waals surface area contributed by atoms with Crippen molar-refractivity contribution in [3.63, 3.8) is 0 Å². The predicted octanol–water partition coefficient (Wildman–Crippen LogP) is 4.87. The van der Waals surface area contributed by atoms with Gasteiger partial charge < -0.3 is 9.47 Å². The molecule has 0 N–H and O–H groups in total. The lowest BCUT2D eigenvalue weighted by Crippen LogP contribution is -2.37. The maximum atomic E-state index is 13.9. The molecule has 2 fully saturated rings. The summed E-state index contributed by atoms with van der Waals surface area (Å²) in [6, 6.07) is 27.3. The fourth-order valence-electron chi connectivity index (χ4n) is 5.39. The zero-order valence-electron chi connectivity index (χ0n) is 22.9. The van der Waals surface area contributed by atoms with Gasteiger partial charge >= 0.3 is 5.97 Å². The highest BCUT2D eigenvalue weighted by molar-refractivity contribution is 6.07. The molecular weight excluding hydrogens is 554 g/mol. The first-order valence-electron chi connectivity index (χ1n) is 13.4. The van der Waals surface area contributed by atoms with Gasteiger partial charge in [-0.05, 0) is 41.5 Å². The number of carbonyl (C=O) groups excluding carboxylic acids is 3. The van der Waals surface area contributed by atoms with Gasteiger partial charge in [0.1, 0.15) is 5.92 Å². The zero-order chi connectivity index (χ0) is 30.1. The lowest BCUT2D eigenvalue weighted by atomic mass is 9.90. The molecule has 2 saturated heterocycles. The minimum Gasteiger partial charge on any atom is -0.493 e. The number of amides is 2. The Kier molecular flexibility index (Phi) is 7.31. The molecule has 2 amide bonds. The third-order valence-corrected chi connectivity index (χ3v) is 7.43. The number of ether oxygens (including phenoxy) is 2. The van der Waals surface area contributed by atoms with Gasteiger partial charge in [0.15, 0.2) is 17.6 Å². The normalized spacial score (nSPS) is 19.3. The molecule has 43 heavy (non-hydrogen) atoms. The number of rotatable bonds is 8. The summed E-state index contributed by atoms with van der Waals surface area (Å²) in [7, 11) is 1.41. The Morgan fingerprint density at radius 1 is 0.884 bits per heavy atom. The van der Waals surface area contributed by atoms with Crippen LogP contribution in [0, 0.1) is 16.0 Å². The van der Waals surface area contributed by atoms with Crippen molar-refractivity contribution in [1.82, 2.24) is 4.90 Å². The van der Waals surface area contributed by atoms with Crippen molar-refractivity contribution >= 4 is 29.2 Å². The summed E-state index contributed by atoms with van der Waals surface area (Å²) < 4.78 is 11.1. The molecule has 11 heteroatoms. The average Bonchev–Trinajstić information content (AvgIpc) is 3.54. The van der Waals surface area contributed by atoms with E-state index in [-0.39, 0.29) is 23.7 Å². The van der Waals surface area contributed by atoms with E-state index in [1.165, 1.54) is 41.3 Å². The molecule has 2 heterocycles. The number of hydrogen-bond acceptors (Lipinski definition) is 9. The quantitative estimate of drug-likeness (QED) is 0.0944. The molecule has 0 unspecified atom stereocenters. The molecule has 6 rings (SSSR count). The highest BCUT2D eigenvalue weighted by Gasteiger charge is 2.60. The Labute approximate surface area is 245 Å². The number of nitrogens with zero attached hydrogens (tertiary/aromatic N) is 3. The van der Waals surface area contributed by atoms with Gasteiger partial charge in [0.2, 0.25) is 5.91 Å². The Hall–Kier alpha value is -5.55. The minimum atomic E-state index is -1.15. The van der Waals surface area contributed by atoms with Gasteiger partial charge in [-0.15, -0.1) is 0 Å². The monoisotopic (exact) mass is 579 g/mol. The van der Waals surface area contributed by atoms with E-state index in [1.54, 1.807) is 48.5 Å². The number of anilines is 1. The molecule has 11 nitrogen and oxygen atoms in total. The van der Waals surface area contributed by atoms with E-state index >= 15 is 0 Å². The number of methoxy groups -OCH3 is 1. The number of hydroxylamine groups is 1. The highest BCUT2D eigenvalue weighted by atomic mass is 16.7. The molecule has 0 aromatic heterocycles. The number of nitro benzene ring substituents is 1. The van der Waals surface area contributed by atoms with E-state index in [1.807, 2.05) is 30.3 Å². The van der Waals surface area contributed by atoms with Crippen LogP contribution in [0.1, 0.15) is 27.5 Å². The van der Waals surface area contributed by atoms with Crippen molar-refractivity contribution in [3.05, 3.63) is 130 Å². The van der Waals surface area contributed by atoms with Gasteiger partial charge in [-0.3, -0.25) is 29.4 Å². The number of hydrogen-bond donors (Lipinski definition) is 0. The van der Waals surface area contributed by atoms with Crippen LogP contribution in [0.4, 0.5) is 11.4 Å². The van der Waals surface area contributed by atoms with Crippen LogP contribution in [0.3, 0.4) is 0 Å². The van der Waals surface area contributed by atoms with Crippen LogP contribution in [0.2, 0.25) is 0 Å². The first-order chi connectivity index (χ1) is 20.9. The molecule has 4 aromatic carbocycles. The fourth-order valence-corrected chi connectivity index (χ4v) is 5.39. The van der Waals surface area contributed by atoms with Gasteiger partial charge in [0.05, 0.1) is 35.9 Å². The lowest BCUT2D eigenvalue weighted by Gasteiger charge is -2.29. The standard InChI is InChI=1S/C32H25N3O8/c1-41-26-17-22(15-16-25(26)42-32(38)21-11-6-3-7-12-21)28-27-29(43-34(28)23-13-8-14-24(18-23)35(39)40)31(37)33(30(27)36)19-20-9-4-2-5-10-20/h2-18,27-29H,19H2,1H3/t27-,28-,29+/m1/s1. The van der Waals surface area contributed by atoms with Crippen LogP contribution in [-0.2, 0) is 21.0 Å². The molecule has 0 spiro atoms. The molecule has 216 valence electrons. The third-order valence-electron chi connectivity index (χ3n) is 7.43. The Balaban J connectivity index is 1.38. The van der Waals surface area contributed by atoms with Crippen LogP contribution >= 0.6 is 0 Å². The fraction of sp³-hybridized carbons (Fsp3) is 0.156. The summed E-state index contributed by atoms with van der Waals surface area (Å²) in [5, 5.41) is 12.9.